The Bertz CT molecular complexity index is 384. The van der Waals surface area contributed by atoms with Gasteiger partial charge in [-0.15, -0.1) is 0 Å². The Hall–Kier alpha value is -0.740. The molecular weight excluding hydrogens is 275 g/mol. The van der Waals surface area contributed by atoms with Crippen LogP contribution < -0.4 is 5.32 Å². The second-order valence-electron chi connectivity index (χ2n) is 4.72. The van der Waals surface area contributed by atoms with Gasteiger partial charge in [-0.2, -0.15) is 13.2 Å². The molecule has 0 saturated carbocycles. The highest BCUT2D eigenvalue weighted by Gasteiger charge is 2.28. The molecule has 1 rings (SSSR count). The van der Waals surface area contributed by atoms with Crippen LogP contribution in [0.1, 0.15) is 43.4 Å². The Morgan fingerprint density at radius 2 is 1.95 bits per heavy atom. The summed E-state index contributed by atoms with van der Waals surface area (Å²) in [5, 5.41) is 3.71. The molecule has 1 aromatic carbocycles. The first-order valence-corrected chi connectivity index (χ1v) is 6.77. The minimum absolute atomic E-state index is 0.0310. The van der Waals surface area contributed by atoms with E-state index in [1.807, 2.05) is 19.9 Å². The zero-order chi connectivity index (χ0) is 14.5. The molecule has 108 valence electrons. The van der Waals surface area contributed by atoms with E-state index >= 15 is 0 Å². The number of hydrogen-bond donors (Lipinski definition) is 1. The van der Waals surface area contributed by atoms with Gasteiger partial charge in [0, 0.05) is 17.5 Å². The molecule has 0 radical (unpaired) electrons. The van der Waals surface area contributed by atoms with Crippen LogP contribution in [-0.4, -0.2) is 12.7 Å². The Morgan fingerprint density at radius 1 is 1.26 bits per heavy atom. The molecule has 0 aliphatic carbocycles. The van der Waals surface area contributed by atoms with Crippen LogP contribution in [0, 0.1) is 6.92 Å². The maximum absolute atomic E-state index is 12.4. The van der Waals surface area contributed by atoms with Crippen LogP contribution in [0.15, 0.2) is 18.2 Å². The second-order valence-corrected chi connectivity index (χ2v) is 5.16. The van der Waals surface area contributed by atoms with E-state index in [2.05, 4.69) is 5.32 Å². The van der Waals surface area contributed by atoms with Gasteiger partial charge < -0.3 is 5.32 Å². The molecule has 0 spiro atoms. The van der Waals surface area contributed by atoms with Crippen molar-refractivity contribution in [1.29, 1.82) is 0 Å². The van der Waals surface area contributed by atoms with Gasteiger partial charge in [0.1, 0.15) is 0 Å². The molecule has 1 nitrogen and oxygen atoms in total. The third-order valence-corrected chi connectivity index (χ3v) is 3.04. The predicted octanol–water partition coefficient (Wildman–Crippen LogP) is 5.03. The number of rotatable bonds is 6. The van der Waals surface area contributed by atoms with Crippen LogP contribution >= 0.6 is 11.6 Å². The molecule has 1 aromatic rings. The molecule has 0 amide bonds. The summed E-state index contributed by atoms with van der Waals surface area (Å²) in [6, 6.07) is 5.11. The van der Waals surface area contributed by atoms with Crippen LogP contribution in [0.2, 0.25) is 5.02 Å². The first-order chi connectivity index (χ1) is 8.81. The molecule has 0 aliphatic heterocycles. The van der Waals surface area contributed by atoms with Crippen LogP contribution in [0.5, 0.6) is 0 Å². The smallest absolute Gasteiger partial charge is 0.310 e. The lowest BCUT2D eigenvalue weighted by Gasteiger charge is -2.20. The lowest BCUT2D eigenvalue weighted by Crippen LogP contribution is -2.24. The van der Waals surface area contributed by atoms with Gasteiger partial charge in [0.15, 0.2) is 0 Å². The molecule has 0 aliphatic rings. The number of alkyl halides is 3. The molecule has 0 heterocycles. The average Bonchev–Trinajstić information content (AvgIpc) is 2.26. The maximum Gasteiger partial charge on any atom is 0.389 e. The normalized spacial score (nSPS) is 13.6. The fourth-order valence-corrected chi connectivity index (χ4v) is 2.28. The second kappa shape index (κ2) is 7.15. The minimum Gasteiger partial charge on any atom is -0.310 e. The Labute approximate surface area is 117 Å². The molecule has 1 N–H and O–H groups in total. The standard InChI is InChI=1S/C14H19ClF3N/c1-3-6-19-13(4-5-14(16,17)18)11-7-10(2)8-12(15)9-11/h7-9,13,19H,3-6H2,1-2H3. The third kappa shape index (κ3) is 6.30. The predicted molar refractivity (Wildman–Crippen MR) is 72.5 cm³/mol. The van der Waals surface area contributed by atoms with Crippen LogP contribution in [0.3, 0.4) is 0 Å². The monoisotopic (exact) mass is 293 g/mol. The van der Waals surface area contributed by atoms with Crippen LogP contribution in [0.4, 0.5) is 13.2 Å². The van der Waals surface area contributed by atoms with Gasteiger partial charge in [0.25, 0.3) is 0 Å². The number of halogens is 4. The molecule has 5 heteroatoms. The van der Waals surface area contributed by atoms with Crippen molar-refractivity contribution in [3.63, 3.8) is 0 Å². The average molecular weight is 294 g/mol. The van der Waals surface area contributed by atoms with Crippen molar-refractivity contribution >= 4 is 11.6 Å². The molecule has 1 unspecified atom stereocenters. The summed E-state index contributed by atoms with van der Waals surface area (Å²) in [4.78, 5) is 0. The topological polar surface area (TPSA) is 12.0 Å². The van der Waals surface area contributed by atoms with Crippen molar-refractivity contribution in [2.75, 3.05) is 6.54 Å². The number of aryl methyl sites for hydroxylation is 1. The highest BCUT2D eigenvalue weighted by Crippen LogP contribution is 2.29. The third-order valence-electron chi connectivity index (χ3n) is 2.82. The summed E-state index contributed by atoms with van der Waals surface area (Å²) >= 11 is 5.97. The zero-order valence-electron chi connectivity index (χ0n) is 11.1. The molecule has 0 aromatic heterocycles. The van der Waals surface area contributed by atoms with Crippen molar-refractivity contribution in [3.05, 3.63) is 34.3 Å². The summed E-state index contributed by atoms with van der Waals surface area (Å²) in [6.07, 6.45) is -4.01. The Morgan fingerprint density at radius 3 is 2.47 bits per heavy atom. The summed E-state index contributed by atoms with van der Waals surface area (Å²) in [5.74, 6) is 0. The quantitative estimate of drug-likeness (QED) is 0.775. The van der Waals surface area contributed by atoms with Gasteiger partial charge in [0.2, 0.25) is 0 Å². The first kappa shape index (κ1) is 16.3. The summed E-state index contributed by atoms with van der Waals surface area (Å²) in [6.45, 7) is 4.56. The molecule has 0 bridgehead atoms. The number of hydrogen-bond acceptors (Lipinski definition) is 1. The van der Waals surface area contributed by atoms with Gasteiger partial charge >= 0.3 is 6.18 Å². The zero-order valence-corrected chi connectivity index (χ0v) is 11.9. The van der Waals surface area contributed by atoms with E-state index in [0.29, 0.717) is 11.6 Å². The van der Waals surface area contributed by atoms with E-state index in [4.69, 9.17) is 11.6 Å². The Kier molecular flexibility index (Phi) is 6.14. The molecular formula is C14H19ClF3N. The van der Waals surface area contributed by atoms with E-state index in [1.54, 1.807) is 12.1 Å². The molecule has 0 fully saturated rings. The van der Waals surface area contributed by atoms with Crippen LogP contribution in [-0.2, 0) is 0 Å². The van der Waals surface area contributed by atoms with Gasteiger partial charge in [-0.05, 0) is 49.6 Å². The molecule has 0 saturated heterocycles. The van der Waals surface area contributed by atoms with Gasteiger partial charge in [-0.3, -0.25) is 0 Å². The first-order valence-electron chi connectivity index (χ1n) is 6.39. The lowest BCUT2D eigenvalue weighted by atomic mass is 10.00. The summed E-state index contributed by atoms with van der Waals surface area (Å²) < 4.78 is 37.1. The summed E-state index contributed by atoms with van der Waals surface area (Å²) in [7, 11) is 0. The highest BCUT2D eigenvalue weighted by molar-refractivity contribution is 6.30. The molecule has 1 atom stereocenters. The minimum atomic E-state index is -4.13. The Balaban J connectivity index is 2.82. The van der Waals surface area contributed by atoms with Gasteiger partial charge in [-0.25, -0.2) is 0 Å². The maximum atomic E-state index is 12.4. The van der Waals surface area contributed by atoms with E-state index in [-0.39, 0.29) is 12.5 Å². The summed E-state index contributed by atoms with van der Waals surface area (Å²) in [5.41, 5.74) is 1.78. The van der Waals surface area contributed by atoms with E-state index < -0.39 is 12.6 Å². The molecule has 19 heavy (non-hydrogen) atoms. The van der Waals surface area contributed by atoms with E-state index in [1.165, 1.54) is 0 Å². The van der Waals surface area contributed by atoms with Crippen molar-refractivity contribution in [2.24, 2.45) is 0 Å². The van der Waals surface area contributed by atoms with E-state index in [0.717, 1.165) is 17.5 Å². The van der Waals surface area contributed by atoms with Crippen molar-refractivity contribution in [2.45, 2.75) is 45.3 Å². The fraction of sp³-hybridized carbons (Fsp3) is 0.571. The number of benzene rings is 1. The van der Waals surface area contributed by atoms with Crippen molar-refractivity contribution in [3.8, 4) is 0 Å². The largest absolute Gasteiger partial charge is 0.389 e. The van der Waals surface area contributed by atoms with Gasteiger partial charge in [-0.1, -0.05) is 24.6 Å². The van der Waals surface area contributed by atoms with Crippen molar-refractivity contribution < 1.29 is 13.2 Å². The lowest BCUT2D eigenvalue weighted by molar-refractivity contribution is -0.136. The SMILES string of the molecule is CCCNC(CCC(F)(F)F)c1cc(C)cc(Cl)c1. The van der Waals surface area contributed by atoms with Gasteiger partial charge in [0.05, 0.1) is 0 Å². The highest BCUT2D eigenvalue weighted by atomic mass is 35.5. The van der Waals surface area contributed by atoms with Crippen molar-refractivity contribution in [1.82, 2.24) is 5.32 Å². The van der Waals surface area contributed by atoms with Crippen LogP contribution in [0.25, 0.3) is 0 Å². The fourth-order valence-electron chi connectivity index (χ4n) is 1.98. The van der Waals surface area contributed by atoms with E-state index in [9.17, 15) is 13.2 Å². The number of nitrogens with one attached hydrogen (secondary N) is 1.